The van der Waals surface area contributed by atoms with Crippen LogP contribution in [-0.2, 0) is 13.8 Å². The Balaban J connectivity index is 2.30. The minimum absolute atomic E-state index is 0.0192. The van der Waals surface area contributed by atoms with Gasteiger partial charge >= 0.3 is 0 Å². The van der Waals surface area contributed by atoms with Crippen LogP contribution in [-0.4, -0.2) is 44.9 Å². The molecule has 4 nitrogen and oxygen atoms in total. The van der Waals surface area contributed by atoms with Crippen LogP contribution in [0.1, 0.15) is 6.42 Å². The van der Waals surface area contributed by atoms with Gasteiger partial charge in [-0.3, -0.25) is 0 Å². The Bertz CT molecular complexity index is 137. The molecule has 0 aromatic heterocycles. The summed E-state index contributed by atoms with van der Waals surface area (Å²) in [6.07, 6.45) is 0.174. The summed E-state index contributed by atoms with van der Waals surface area (Å²) in [5, 5.41) is 8.86. The second-order valence-corrected chi connectivity index (χ2v) is 3.39. The van der Waals surface area contributed by atoms with Gasteiger partial charge in [-0.1, -0.05) is 0 Å². The van der Waals surface area contributed by atoms with E-state index in [0.717, 1.165) is 0 Å². The van der Waals surface area contributed by atoms with E-state index in [0.29, 0.717) is 6.42 Å². The largest absolute Gasteiger partial charge is 0.394 e. The Morgan fingerprint density at radius 1 is 1.75 bits per heavy atom. The molecule has 0 aliphatic carbocycles. The molecular weight excluding hydrogens is 178 g/mol. The number of aliphatic hydroxyl groups is 1. The van der Waals surface area contributed by atoms with Crippen molar-refractivity contribution in [1.82, 2.24) is 0 Å². The number of hydrogen-bond acceptors (Lipinski definition) is 4. The number of aliphatic hydroxyl groups excluding tert-OH is 1. The van der Waals surface area contributed by atoms with Gasteiger partial charge in [0, 0.05) is 13.1 Å². The van der Waals surface area contributed by atoms with Gasteiger partial charge in [-0.25, -0.2) is 0 Å². The number of hydrogen-bond donors (Lipinski definition) is 1. The van der Waals surface area contributed by atoms with Gasteiger partial charge in [-0.2, -0.15) is 0 Å². The molecule has 68 valence electrons. The van der Waals surface area contributed by atoms with Crippen LogP contribution in [0.3, 0.4) is 0 Å². The SMILES string of the molecule is [B]C1CC(OPOC)C(CO)O1. The van der Waals surface area contributed by atoms with E-state index in [-0.39, 0.29) is 33.9 Å². The zero-order valence-corrected chi connectivity index (χ0v) is 7.90. The first kappa shape index (κ1) is 10.4. The van der Waals surface area contributed by atoms with E-state index in [4.69, 9.17) is 26.7 Å². The van der Waals surface area contributed by atoms with E-state index < -0.39 is 0 Å². The maximum atomic E-state index is 8.86. The summed E-state index contributed by atoms with van der Waals surface area (Å²) < 4.78 is 15.2. The van der Waals surface area contributed by atoms with Gasteiger partial charge in [0.05, 0.1) is 12.7 Å². The lowest BCUT2D eigenvalue weighted by Crippen LogP contribution is -2.25. The van der Waals surface area contributed by atoms with Gasteiger partial charge in [0.1, 0.15) is 14.0 Å². The fraction of sp³-hybridized carbons (Fsp3) is 1.00. The minimum Gasteiger partial charge on any atom is -0.394 e. The van der Waals surface area contributed by atoms with E-state index in [2.05, 4.69) is 0 Å². The summed E-state index contributed by atoms with van der Waals surface area (Å²) >= 11 is 0. The monoisotopic (exact) mass is 190 g/mol. The molecule has 1 fully saturated rings. The maximum absolute atomic E-state index is 8.86. The summed E-state index contributed by atoms with van der Waals surface area (Å²) in [5.41, 5.74) is 0. The summed E-state index contributed by atoms with van der Waals surface area (Å²) in [4.78, 5) is 0. The first-order valence-electron chi connectivity index (χ1n) is 3.73. The molecule has 4 unspecified atom stereocenters. The third kappa shape index (κ3) is 2.68. The smallest absolute Gasteiger partial charge is 0.155 e. The van der Waals surface area contributed by atoms with Crippen LogP contribution in [0.25, 0.3) is 0 Å². The summed E-state index contributed by atoms with van der Waals surface area (Å²) in [5.74, 6) is 0. The van der Waals surface area contributed by atoms with E-state index >= 15 is 0 Å². The van der Waals surface area contributed by atoms with Crippen LogP contribution < -0.4 is 0 Å². The van der Waals surface area contributed by atoms with Gasteiger partial charge in [0.2, 0.25) is 0 Å². The second kappa shape index (κ2) is 5.15. The van der Waals surface area contributed by atoms with Crippen LogP contribution in [0.15, 0.2) is 0 Å². The Hall–Kier alpha value is 0.335. The molecule has 4 atom stereocenters. The van der Waals surface area contributed by atoms with Crippen LogP contribution in [0.2, 0.25) is 0 Å². The highest BCUT2D eigenvalue weighted by Gasteiger charge is 2.32. The molecule has 1 rings (SSSR count). The Morgan fingerprint density at radius 2 is 2.50 bits per heavy atom. The van der Waals surface area contributed by atoms with Gasteiger partial charge in [-0.15, -0.1) is 0 Å². The van der Waals surface area contributed by atoms with Crippen molar-refractivity contribution in [3.63, 3.8) is 0 Å². The van der Waals surface area contributed by atoms with Crippen molar-refractivity contribution in [3.8, 4) is 0 Å². The van der Waals surface area contributed by atoms with Crippen molar-refractivity contribution < 1.29 is 18.9 Å². The normalized spacial score (nSPS) is 36.7. The van der Waals surface area contributed by atoms with Crippen molar-refractivity contribution in [2.45, 2.75) is 24.6 Å². The third-order valence-corrected chi connectivity index (χ3v) is 2.26. The van der Waals surface area contributed by atoms with Crippen LogP contribution in [0.5, 0.6) is 0 Å². The fourth-order valence-electron chi connectivity index (χ4n) is 1.14. The Morgan fingerprint density at radius 3 is 3.08 bits per heavy atom. The standard InChI is InChI=1S/C6H12BO4P/c1-9-12-11-4-2-6(7)10-5(4)3-8/h4-6,8,12H,2-3H2,1H3. The lowest BCUT2D eigenvalue weighted by molar-refractivity contribution is 0.00501. The van der Waals surface area contributed by atoms with Crippen LogP contribution in [0.4, 0.5) is 0 Å². The highest BCUT2D eigenvalue weighted by Crippen LogP contribution is 2.27. The van der Waals surface area contributed by atoms with E-state index in [1.807, 2.05) is 0 Å². The molecule has 12 heavy (non-hydrogen) atoms. The molecule has 0 bridgehead atoms. The predicted molar refractivity (Wildman–Crippen MR) is 46.3 cm³/mol. The molecule has 1 aliphatic rings. The molecule has 1 heterocycles. The zero-order valence-electron chi connectivity index (χ0n) is 6.90. The molecule has 0 aromatic carbocycles. The van der Waals surface area contributed by atoms with E-state index in [9.17, 15) is 0 Å². The lowest BCUT2D eigenvalue weighted by atomic mass is 9.96. The summed E-state index contributed by atoms with van der Waals surface area (Å²) in [7, 11) is 7.05. The average Bonchev–Trinajstić information content (AvgIpc) is 2.42. The Kier molecular flexibility index (Phi) is 4.47. The van der Waals surface area contributed by atoms with Gasteiger partial charge in [-0.05, 0) is 6.42 Å². The molecule has 0 saturated carbocycles. The van der Waals surface area contributed by atoms with Crippen molar-refractivity contribution in [2.24, 2.45) is 0 Å². The first-order chi connectivity index (χ1) is 5.77. The van der Waals surface area contributed by atoms with E-state index in [1.165, 1.54) is 0 Å². The van der Waals surface area contributed by atoms with Gasteiger partial charge < -0.3 is 18.9 Å². The summed E-state index contributed by atoms with van der Waals surface area (Å²) in [6, 6.07) is -0.325. The molecule has 6 heteroatoms. The molecular formula is C6H12BO4P. The second-order valence-electron chi connectivity index (χ2n) is 2.58. The zero-order chi connectivity index (χ0) is 8.97. The molecule has 0 aromatic rings. The van der Waals surface area contributed by atoms with Crippen molar-refractivity contribution in [2.75, 3.05) is 13.7 Å². The lowest BCUT2D eigenvalue weighted by Gasteiger charge is -2.15. The highest BCUT2D eigenvalue weighted by atomic mass is 31.1. The average molecular weight is 190 g/mol. The van der Waals surface area contributed by atoms with Gasteiger partial charge in [0.25, 0.3) is 0 Å². The quantitative estimate of drug-likeness (QED) is 0.492. The molecule has 1 N–H and O–H groups in total. The molecule has 1 aliphatic heterocycles. The molecule has 2 radical (unpaired) electrons. The van der Waals surface area contributed by atoms with Crippen LogP contribution >= 0.6 is 9.03 Å². The summed E-state index contributed by atoms with van der Waals surface area (Å²) in [6.45, 7) is -0.0629. The van der Waals surface area contributed by atoms with Crippen molar-refractivity contribution in [3.05, 3.63) is 0 Å². The number of rotatable bonds is 4. The Labute approximate surface area is 74.9 Å². The van der Waals surface area contributed by atoms with E-state index in [1.54, 1.807) is 7.11 Å². The fourth-order valence-corrected chi connectivity index (χ4v) is 1.61. The van der Waals surface area contributed by atoms with Crippen molar-refractivity contribution >= 4 is 16.9 Å². The topological polar surface area (TPSA) is 47.9 Å². The molecule has 0 spiro atoms. The first-order valence-corrected chi connectivity index (χ1v) is 4.55. The third-order valence-electron chi connectivity index (χ3n) is 1.69. The van der Waals surface area contributed by atoms with Crippen LogP contribution in [0, 0.1) is 0 Å². The molecule has 0 amide bonds. The highest BCUT2D eigenvalue weighted by molar-refractivity contribution is 7.26. The number of ether oxygens (including phenoxy) is 1. The minimum atomic E-state index is -0.325. The maximum Gasteiger partial charge on any atom is 0.155 e. The van der Waals surface area contributed by atoms with Crippen molar-refractivity contribution in [1.29, 1.82) is 0 Å². The predicted octanol–water partition coefficient (Wildman–Crippen LogP) is -0.198. The molecule has 1 saturated heterocycles. The van der Waals surface area contributed by atoms with Gasteiger partial charge in [0.15, 0.2) is 9.03 Å².